The van der Waals surface area contributed by atoms with E-state index in [2.05, 4.69) is 20.6 Å². The topological polar surface area (TPSA) is 113 Å². The summed E-state index contributed by atoms with van der Waals surface area (Å²) >= 11 is 0. The Labute approximate surface area is 160 Å². The predicted molar refractivity (Wildman–Crippen MR) is 105 cm³/mol. The molecule has 8 heteroatoms. The molecule has 1 aromatic heterocycles. The van der Waals surface area contributed by atoms with E-state index in [-0.39, 0.29) is 24.3 Å². The number of esters is 1. The molecule has 3 rings (SSSR count). The largest absolute Gasteiger partial charge is 0.454 e. The monoisotopic (exact) mass is 380 g/mol. The second kappa shape index (κ2) is 8.81. The number of anilines is 1. The first kappa shape index (κ1) is 19.1. The lowest BCUT2D eigenvalue weighted by Crippen LogP contribution is -2.31. The molecule has 0 fully saturated rings. The van der Waals surface area contributed by atoms with Gasteiger partial charge in [0.2, 0.25) is 0 Å². The van der Waals surface area contributed by atoms with Crippen LogP contribution < -0.4 is 16.2 Å². The summed E-state index contributed by atoms with van der Waals surface area (Å²) in [4.78, 5) is 42.8. The molecule has 144 valence electrons. The van der Waals surface area contributed by atoms with Crippen LogP contribution in [-0.4, -0.2) is 28.5 Å². The van der Waals surface area contributed by atoms with Crippen molar-refractivity contribution in [3.05, 3.63) is 70.8 Å². The summed E-state index contributed by atoms with van der Waals surface area (Å²) in [5.74, 6) is -0.241. The molecule has 3 aromatic rings. The van der Waals surface area contributed by atoms with Crippen LogP contribution in [0.4, 0.5) is 10.5 Å². The lowest BCUT2D eigenvalue weighted by molar-refractivity contribution is -0.148. The Hall–Kier alpha value is -3.68. The molecule has 0 radical (unpaired) electrons. The Bertz CT molecular complexity index is 1030. The van der Waals surface area contributed by atoms with Crippen molar-refractivity contribution in [2.45, 2.75) is 19.4 Å². The number of hydrogen-bond acceptors (Lipinski definition) is 5. The molecular formula is C20H20N4O4. The number of para-hydroxylation sites is 2. The number of benzene rings is 2. The van der Waals surface area contributed by atoms with E-state index in [1.165, 1.54) is 0 Å². The first-order valence-electron chi connectivity index (χ1n) is 8.81. The molecule has 0 unspecified atom stereocenters. The van der Waals surface area contributed by atoms with Crippen molar-refractivity contribution in [3.63, 3.8) is 0 Å². The van der Waals surface area contributed by atoms with Gasteiger partial charge < -0.3 is 20.4 Å². The maximum atomic E-state index is 12.1. The van der Waals surface area contributed by atoms with Crippen molar-refractivity contribution in [3.8, 4) is 0 Å². The maximum Gasteiger partial charge on any atom is 0.319 e. The number of nitrogens with one attached hydrogen (secondary N) is 3. The van der Waals surface area contributed by atoms with Crippen molar-refractivity contribution < 1.29 is 14.3 Å². The summed E-state index contributed by atoms with van der Waals surface area (Å²) in [6.07, 6.45) is -0.729. The third kappa shape index (κ3) is 4.94. The highest BCUT2D eigenvalue weighted by Gasteiger charge is 2.15. The fourth-order valence-electron chi connectivity index (χ4n) is 2.58. The first-order chi connectivity index (χ1) is 13.5. The van der Waals surface area contributed by atoms with Crippen LogP contribution in [0.15, 0.2) is 59.4 Å². The second-order valence-corrected chi connectivity index (χ2v) is 6.10. The van der Waals surface area contributed by atoms with Gasteiger partial charge in [-0.2, -0.15) is 0 Å². The molecule has 1 heterocycles. The molecule has 2 aromatic carbocycles. The zero-order valence-corrected chi connectivity index (χ0v) is 15.3. The van der Waals surface area contributed by atoms with Crippen LogP contribution in [0.1, 0.15) is 25.3 Å². The van der Waals surface area contributed by atoms with Gasteiger partial charge in [0.25, 0.3) is 5.56 Å². The molecule has 3 N–H and O–H groups in total. The van der Waals surface area contributed by atoms with E-state index in [4.69, 9.17) is 4.74 Å². The van der Waals surface area contributed by atoms with Crippen molar-refractivity contribution >= 4 is 28.6 Å². The predicted octanol–water partition coefficient (Wildman–Crippen LogP) is 2.74. The average molecular weight is 380 g/mol. The summed E-state index contributed by atoms with van der Waals surface area (Å²) in [6, 6.07) is 15.5. The number of hydrogen-bond donors (Lipinski definition) is 3. The van der Waals surface area contributed by atoms with Gasteiger partial charge in [0.1, 0.15) is 0 Å². The van der Waals surface area contributed by atoms with E-state index >= 15 is 0 Å². The zero-order valence-electron chi connectivity index (χ0n) is 15.3. The van der Waals surface area contributed by atoms with Crippen LogP contribution in [0.3, 0.4) is 0 Å². The SMILES string of the molecule is C[C@H](OC(=O)CCNC(=O)Nc1ccccc1)c1nc2ccccc2c(=O)[nH]1. The molecule has 1 atom stereocenters. The molecule has 0 bridgehead atoms. The van der Waals surface area contributed by atoms with Crippen molar-refractivity contribution in [1.82, 2.24) is 15.3 Å². The maximum absolute atomic E-state index is 12.1. The quantitative estimate of drug-likeness (QED) is 0.569. The summed E-state index contributed by atoms with van der Waals surface area (Å²) < 4.78 is 5.30. The Morgan fingerprint density at radius 3 is 2.61 bits per heavy atom. The molecule has 0 spiro atoms. The molecule has 0 aliphatic rings. The van der Waals surface area contributed by atoms with Crippen LogP contribution in [0.5, 0.6) is 0 Å². The van der Waals surface area contributed by atoms with Crippen LogP contribution >= 0.6 is 0 Å². The van der Waals surface area contributed by atoms with E-state index in [1.54, 1.807) is 55.5 Å². The number of aromatic amines is 1. The Balaban J connectivity index is 1.49. The first-order valence-corrected chi connectivity index (χ1v) is 8.81. The summed E-state index contributed by atoms with van der Waals surface area (Å²) in [5, 5.41) is 5.71. The minimum Gasteiger partial charge on any atom is -0.454 e. The Morgan fingerprint density at radius 2 is 1.82 bits per heavy atom. The normalized spacial score (nSPS) is 11.6. The van der Waals surface area contributed by atoms with Gasteiger partial charge in [-0.15, -0.1) is 0 Å². The number of ether oxygens (including phenoxy) is 1. The van der Waals surface area contributed by atoms with Crippen molar-refractivity contribution in [1.29, 1.82) is 0 Å². The van der Waals surface area contributed by atoms with Gasteiger partial charge in [0, 0.05) is 12.2 Å². The van der Waals surface area contributed by atoms with Crippen LogP contribution in [0.25, 0.3) is 10.9 Å². The molecule has 0 saturated heterocycles. The minimum absolute atomic E-state index is 0.00956. The van der Waals surface area contributed by atoms with Gasteiger partial charge in [0.05, 0.1) is 17.3 Å². The van der Waals surface area contributed by atoms with Gasteiger partial charge >= 0.3 is 12.0 Å². The highest BCUT2D eigenvalue weighted by molar-refractivity contribution is 5.89. The fourth-order valence-corrected chi connectivity index (χ4v) is 2.58. The lowest BCUT2D eigenvalue weighted by Gasteiger charge is -2.13. The van der Waals surface area contributed by atoms with E-state index < -0.39 is 18.1 Å². The van der Waals surface area contributed by atoms with Gasteiger partial charge in [-0.1, -0.05) is 30.3 Å². The summed E-state index contributed by atoms with van der Waals surface area (Å²) in [6.45, 7) is 1.74. The highest BCUT2D eigenvalue weighted by atomic mass is 16.5. The Kier molecular flexibility index (Phi) is 6.01. The van der Waals surface area contributed by atoms with E-state index in [1.807, 2.05) is 6.07 Å². The number of aromatic nitrogens is 2. The number of nitrogens with zero attached hydrogens (tertiary/aromatic N) is 1. The number of amides is 2. The van der Waals surface area contributed by atoms with Gasteiger partial charge in [-0.05, 0) is 31.2 Å². The average Bonchev–Trinajstić information content (AvgIpc) is 2.68. The van der Waals surface area contributed by atoms with Crippen molar-refractivity contribution in [2.24, 2.45) is 0 Å². The summed E-state index contributed by atoms with van der Waals surface area (Å²) in [5.41, 5.74) is 0.897. The van der Waals surface area contributed by atoms with E-state index in [0.717, 1.165) is 0 Å². The third-order valence-corrected chi connectivity index (χ3v) is 3.97. The molecule has 2 amide bonds. The summed E-state index contributed by atoms with van der Waals surface area (Å²) in [7, 11) is 0. The number of fused-ring (bicyclic) bond motifs is 1. The number of H-pyrrole nitrogens is 1. The van der Waals surface area contributed by atoms with Gasteiger partial charge in [-0.25, -0.2) is 9.78 Å². The van der Waals surface area contributed by atoms with E-state index in [9.17, 15) is 14.4 Å². The molecule has 0 aliphatic heterocycles. The Morgan fingerprint density at radius 1 is 1.11 bits per heavy atom. The smallest absolute Gasteiger partial charge is 0.319 e. The number of urea groups is 1. The van der Waals surface area contributed by atoms with Crippen LogP contribution in [-0.2, 0) is 9.53 Å². The van der Waals surface area contributed by atoms with Gasteiger partial charge in [-0.3, -0.25) is 9.59 Å². The number of carbonyl (C=O) groups excluding carboxylic acids is 2. The van der Waals surface area contributed by atoms with E-state index in [0.29, 0.717) is 16.6 Å². The lowest BCUT2D eigenvalue weighted by atomic mass is 10.2. The highest BCUT2D eigenvalue weighted by Crippen LogP contribution is 2.14. The fraction of sp³-hybridized carbons (Fsp3) is 0.200. The van der Waals surface area contributed by atoms with Crippen LogP contribution in [0.2, 0.25) is 0 Å². The molecular weight excluding hydrogens is 360 g/mol. The number of rotatable bonds is 6. The van der Waals surface area contributed by atoms with Crippen molar-refractivity contribution in [2.75, 3.05) is 11.9 Å². The molecule has 8 nitrogen and oxygen atoms in total. The molecule has 28 heavy (non-hydrogen) atoms. The second-order valence-electron chi connectivity index (χ2n) is 6.10. The van der Waals surface area contributed by atoms with Crippen LogP contribution in [0, 0.1) is 0 Å². The molecule has 0 aliphatic carbocycles. The van der Waals surface area contributed by atoms with Gasteiger partial charge in [0.15, 0.2) is 11.9 Å². The standard InChI is InChI=1S/C20H20N4O4/c1-13(18-23-16-10-6-5-9-15(16)19(26)24-18)28-17(25)11-12-21-20(27)22-14-7-3-2-4-8-14/h2-10,13H,11-12H2,1H3,(H2,21,22,27)(H,23,24,26)/t13-/m0/s1. The minimum atomic E-state index is -0.719. The number of carbonyl (C=O) groups is 2. The third-order valence-electron chi connectivity index (χ3n) is 3.97. The zero-order chi connectivity index (χ0) is 19.9. The molecule has 0 saturated carbocycles.